The minimum atomic E-state index is -0.457. The Morgan fingerprint density at radius 2 is 1.58 bits per heavy atom. The van der Waals surface area contributed by atoms with Crippen molar-refractivity contribution in [1.82, 2.24) is 4.98 Å². The Balaban J connectivity index is 1.56. The van der Waals surface area contributed by atoms with Crippen molar-refractivity contribution in [3.05, 3.63) is 95.9 Å². The number of oxazole rings is 1. The third-order valence-corrected chi connectivity index (χ3v) is 5.01. The number of esters is 1. The number of nitrogens with zero attached hydrogens (tertiary/aromatic N) is 1. The fraction of sp³-hybridized carbons (Fsp3) is 0.154. The van der Waals surface area contributed by atoms with Gasteiger partial charge in [0.2, 0.25) is 0 Å². The standard InChI is InChI=1S/C26H21F2NO4/c1-31-24(30)16-32-22-4-2-3-17(15-22)5-14-23-29-25(18-6-10-20(27)11-7-18)26(33-23)19-8-12-21(28)13-9-19/h2-4,6-13,15H,5,14,16H2,1H3. The largest absolute Gasteiger partial charge is 0.482 e. The van der Waals surface area contributed by atoms with E-state index in [1.54, 1.807) is 30.3 Å². The first kappa shape index (κ1) is 22.2. The minimum absolute atomic E-state index is 0.165. The van der Waals surface area contributed by atoms with Gasteiger partial charge >= 0.3 is 5.97 Å². The number of aryl methyl sites for hydroxylation is 2. The lowest BCUT2D eigenvalue weighted by atomic mass is 10.1. The number of hydrogen-bond donors (Lipinski definition) is 0. The predicted molar refractivity (Wildman–Crippen MR) is 119 cm³/mol. The van der Waals surface area contributed by atoms with E-state index in [9.17, 15) is 13.6 Å². The van der Waals surface area contributed by atoms with Crippen LogP contribution in [0.2, 0.25) is 0 Å². The Hall–Kier alpha value is -4.00. The van der Waals surface area contributed by atoms with Crippen LogP contribution in [0.25, 0.3) is 22.6 Å². The zero-order chi connectivity index (χ0) is 23.2. The van der Waals surface area contributed by atoms with Crippen LogP contribution in [-0.2, 0) is 22.4 Å². The number of carbonyl (C=O) groups is 1. The van der Waals surface area contributed by atoms with Crippen molar-refractivity contribution in [1.29, 1.82) is 0 Å². The van der Waals surface area contributed by atoms with Gasteiger partial charge in [0.15, 0.2) is 18.3 Å². The third kappa shape index (κ3) is 5.63. The Bertz CT molecular complexity index is 1170. The van der Waals surface area contributed by atoms with Gasteiger partial charge in [0.25, 0.3) is 0 Å². The number of rotatable bonds is 8. The van der Waals surface area contributed by atoms with Crippen molar-refractivity contribution in [2.75, 3.05) is 13.7 Å². The molecule has 4 aromatic rings. The molecule has 0 spiro atoms. The highest BCUT2D eigenvalue weighted by atomic mass is 19.1. The maximum atomic E-state index is 13.4. The predicted octanol–water partition coefficient (Wildman–Crippen LogP) is 5.62. The summed E-state index contributed by atoms with van der Waals surface area (Å²) < 4.78 is 42.9. The van der Waals surface area contributed by atoms with E-state index < -0.39 is 5.97 Å². The Morgan fingerprint density at radius 1 is 0.909 bits per heavy atom. The van der Waals surface area contributed by atoms with E-state index in [0.29, 0.717) is 47.1 Å². The molecule has 0 aliphatic heterocycles. The maximum absolute atomic E-state index is 13.4. The van der Waals surface area contributed by atoms with Crippen molar-refractivity contribution >= 4 is 5.97 Å². The van der Waals surface area contributed by atoms with Crippen LogP contribution in [0.3, 0.4) is 0 Å². The molecule has 5 nitrogen and oxygen atoms in total. The summed E-state index contributed by atoms with van der Waals surface area (Å²) in [4.78, 5) is 15.9. The smallest absolute Gasteiger partial charge is 0.343 e. The molecule has 4 rings (SSSR count). The second-order valence-corrected chi connectivity index (χ2v) is 7.31. The Kier molecular flexibility index (Phi) is 6.78. The van der Waals surface area contributed by atoms with Gasteiger partial charge in [0.05, 0.1) is 7.11 Å². The molecule has 7 heteroatoms. The molecular formula is C26H21F2NO4. The van der Waals surface area contributed by atoms with Gasteiger partial charge in [-0.3, -0.25) is 0 Å². The van der Waals surface area contributed by atoms with E-state index in [1.165, 1.54) is 31.4 Å². The zero-order valence-corrected chi connectivity index (χ0v) is 17.9. The Labute approximate surface area is 189 Å². The topological polar surface area (TPSA) is 61.6 Å². The molecule has 0 radical (unpaired) electrons. The van der Waals surface area contributed by atoms with Crippen LogP contribution >= 0.6 is 0 Å². The molecule has 0 unspecified atom stereocenters. The second kappa shape index (κ2) is 10.1. The van der Waals surface area contributed by atoms with Crippen molar-refractivity contribution in [3.8, 4) is 28.3 Å². The molecule has 0 bridgehead atoms. The normalized spacial score (nSPS) is 10.8. The minimum Gasteiger partial charge on any atom is -0.482 e. The van der Waals surface area contributed by atoms with E-state index in [4.69, 9.17) is 9.15 Å². The van der Waals surface area contributed by atoms with Gasteiger partial charge in [0.1, 0.15) is 23.1 Å². The van der Waals surface area contributed by atoms with Crippen LogP contribution in [-0.4, -0.2) is 24.7 Å². The monoisotopic (exact) mass is 449 g/mol. The summed E-state index contributed by atoms with van der Waals surface area (Å²) in [6.07, 6.45) is 1.11. The molecule has 1 aromatic heterocycles. The fourth-order valence-corrected chi connectivity index (χ4v) is 3.31. The number of halogens is 2. The van der Waals surface area contributed by atoms with E-state index >= 15 is 0 Å². The molecule has 0 saturated heterocycles. The molecule has 3 aromatic carbocycles. The highest BCUT2D eigenvalue weighted by Crippen LogP contribution is 2.33. The summed E-state index contributed by atoms with van der Waals surface area (Å²) in [5, 5.41) is 0. The van der Waals surface area contributed by atoms with Gasteiger partial charge in [-0.1, -0.05) is 12.1 Å². The number of aromatic nitrogens is 1. The summed E-state index contributed by atoms with van der Waals surface area (Å²) in [6, 6.07) is 19.3. The van der Waals surface area contributed by atoms with E-state index in [2.05, 4.69) is 9.72 Å². The molecule has 0 atom stereocenters. The molecule has 0 aliphatic carbocycles. The molecule has 33 heavy (non-hydrogen) atoms. The van der Waals surface area contributed by atoms with Crippen molar-refractivity contribution < 1.29 is 27.5 Å². The van der Waals surface area contributed by atoms with Crippen molar-refractivity contribution in [3.63, 3.8) is 0 Å². The maximum Gasteiger partial charge on any atom is 0.343 e. The summed E-state index contributed by atoms with van der Waals surface area (Å²) in [5.74, 6) is 0.392. The lowest BCUT2D eigenvalue weighted by Gasteiger charge is -2.06. The van der Waals surface area contributed by atoms with Crippen LogP contribution < -0.4 is 4.74 Å². The average molecular weight is 449 g/mol. The van der Waals surface area contributed by atoms with Crippen LogP contribution in [0.15, 0.2) is 77.2 Å². The first-order valence-electron chi connectivity index (χ1n) is 10.3. The summed E-state index contributed by atoms with van der Waals surface area (Å²) in [5.41, 5.74) is 2.91. The van der Waals surface area contributed by atoms with Crippen molar-refractivity contribution in [2.24, 2.45) is 0 Å². The number of ether oxygens (including phenoxy) is 2. The van der Waals surface area contributed by atoms with Gasteiger partial charge in [0, 0.05) is 17.5 Å². The summed E-state index contributed by atoms with van der Waals surface area (Å²) in [6.45, 7) is -0.165. The van der Waals surface area contributed by atoms with Gasteiger partial charge in [-0.05, 0) is 72.6 Å². The SMILES string of the molecule is COC(=O)COc1cccc(CCc2nc(-c3ccc(F)cc3)c(-c3ccc(F)cc3)o2)c1. The highest BCUT2D eigenvalue weighted by molar-refractivity contribution is 5.76. The highest BCUT2D eigenvalue weighted by Gasteiger charge is 2.17. The van der Waals surface area contributed by atoms with Crippen LogP contribution in [0.5, 0.6) is 5.75 Å². The van der Waals surface area contributed by atoms with Crippen LogP contribution in [0, 0.1) is 11.6 Å². The summed E-state index contributed by atoms with van der Waals surface area (Å²) in [7, 11) is 1.30. The average Bonchev–Trinajstić information content (AvgIpc) is 3.26. The van der Waals surface area contributed by atoms with Gasteiger partial charge in [-0.2, -0.15) is 0 Å². The van der Waals surface area contributed by atoms with Crippen LogP contribution in [0.4, 0.5) is 8.78 Å². The Morgan fingerprint density at radius 3 is 2.24 bits per heavy atom. The zero-order valence-electron chi connectivity index (χ0n) is 17.9. The molecule has 0 fully saturated rings. The molecule has 0 saturated carbocycles. The molecule has 0 aliphatic rings. The fourth-order valence-electron chi connectivity index (χ4n) is 3.31. The molecule has 0 amide bonds. The van der Waals surface area contributed by atoms with E-state index in [1.807, 2.05) is 18.2 Å². The number of benzene rings is 3. The first-order valence-corrected chi connectivity index (χ1v) is 10.3. The van der Waals surface area contributed by atoms with Crippen LogP contribution in [0.1, 0.15) is 11.5 Å². The second-order valence-electron chi connectivity index (χ2n) is 7.31. The number of hydrogen-bond acceptors (Lipinski definition) is 5. The third-order valence-electron chi connectivity index (χ3n) is 5.01. The lowest BCUT2D eigenvalue weighted by molar-refractivity contribution is -0.142. The number of methoxy groups -OCH3 is 1. The van der Waals surface area contributed by atoms with Gasteiger partial charge in [-0.15, -0.1) is 0 Å². The van der Waals surface area contributed by atoms with Crippen molar-refractivity contribution in [2.45, 2.75) is 12.8 Å². The van der Waals surface area contributed by atoms with E-state index in [-0.39, 0.29) is 18.2 Å². The first-order chi connectivity index (χ1) is 16.0. The van der Waals surface area contributed by atoms with E-state index in [0.717, 1.165) is 5.56 Å². The quantitative estimate of drug-likeness (QED) is 0.327. The van der Waals surface area contributed by atoms with Gasteiger partial charge in [-0.25, -0.2) is 18.6 Å². The van der Waals surface area contributed by atoms with Gasteiger partial charge < -0.3 is 13.9 Å². The molecule has 1 heterocycles. The molecule has 168 valence electrons. The summed E-state index contributed by atoms with van der Waals surface area (Å²) >= 11 is 0. The molecule has 0 N–H and O–H groups in total. The number of carbonyl (C=O) groups excluding carboxylic acids is 1. The lowest BCUT2D eigenvalue weighted by Crippen LogP contribution is -2.12. The molecular weight excluding hydrogens is 428 g/mol.